The number of ether oxygens (including phenoxy) is 3. The molecule has 0 N–H and O–H groups in total. The first-order valence-electron chi connectivity index (χ1n) is 11.7. The number of carbonyl (C=O) groups is 2. The highest BCUT2D eigenvalue weighted by atomic mass is 16.5. The van der Waals surface area contributed by atoms with E-state index in [0.29, 0.717) is 50.5 Å². The van der Waals surface area contributed by atoms with Crippen molar-refractivity contribution >= 4 is 22.8 Å². The van der Waals surface area contributed by atoms with Crippen molar-refractivity contribution in [1.29, 1.82) is 0 Å². The maximum Gasteiger partial charge on any atom is 0.309 e. The standard InChI is InChI=1S/C27H30N2O5/c1-4-33-25-17-24(19-7-6-8-21(15-19)32-3)28-23-10-9-20(16-22(23)25)26(30)29-13-11-18(12-14-29)27(31)34-5-2/h6-10,15-18H,4-5,11-14H2,1-3H3. The van der Waals surface area contributed by atoms with Gasteiger partial charge in [0.05, 0.1) is 37.5 Å². The van der Waals surface area contributed by atoms with Gasteiger partial charge in [-0.1, -0.05) is 12.1 Å². The highest BCUT2D eigenvalue weighted by Gasteiger charge is 2.29. The maximum atomic E-state index is 13.2. The minimum absolute atomic E-state index is 0.0523. The van der Waals surface area contributed by atoms with Crippen LogP contribution in [0.3, 0.4) is 0 Å². The first-order chi connectivity index (χ1) is 16.5. The van der Waals surface area contributed by atoms with Crippen LogP contribution < -0.4 is 9.47 Å². The van der Waals surface area contributed by atoms with Crippen LogP contribution in [0.5, 0.6) is 11.5 Å². The van der Waals surface area contributed by atoms with Gasteiger partial charge in [0.25, 0.3) is 5.91 Å². The highest BCUT2D eigenvalue weighted by molar-refractivity contribution is 6.00. The molecule has 0 radical (unpaired) electrons. The molecule has 3 aromatic rings. The third-order valence-corrected chi connectivity index (χ3v) is 6.09. The van der Waals surface area contributed by atoms with E-state index in [-0.39, 0.29) is 17.8 Å². The summed E-state index contributed by atoms with van der Waals surface area (Å²) in [5.74, 6) is 1.08. The number of esters is 1. The van der Waals surface area contributed by atoms with Gasteiger partial charge >= 0.3 is 5.97 Å². The van der Waals surface area contributed by atoms with Gasteiger partial charge in [-0.3, -0.25) is 9.59 Å². The van der Waals surface area contributed by atoms with Gasteiger partial charge in [0.15, 0.2) is 0 Å². The van der Waals surface area contributed by atoms with Crippen LogP contribution in [0.4, 0.5) is 0 Å². The summed E-state index contributed by atoms with van der Waals surface area (Å²) in [6.07, 6.45) is 1.24. The van der Waals surface area contributed by atoms with E-state index >= 15 is 0 Å². The molecule has 4 rings (SSSR count). The van der Waals surface area contributed by atoms with E-state index in [0.717, 1.165) is 27.9 Å². The normalized spacial score (nSPS) is 14.1. The summed E-state index contributed by atoms with van der Waals surface area (Å²) in [6.45, 7) is 5.68. The van der Waals surface area contributed by atoms with E-state index in [1.165, 1.54) is 0 Å². The molecule has 1 amide bonds. The van der Waals surface area contributed by atoms with Crippen molar-refractivity contribution in [3.8, 4) is 22.8 Å². The molecule has 1 aliphatic heterocycles. The second-order valence-electron chi connectivity index (χ2n) is 8.22. The van der Waals surface area contributed by atoms with Gasteiger partial charge in [0, 0.05) is 35.7 Å². The summed E-state index contributed by atoms with van der Waals surface area (Å²) in [4.78, 5) is 31.8. The van der Waals surface area contributed by atoms with Crippen molar-refractivity contribution < 1.29 is 23.8 Å². The molecular weight excluding hydrogens is 432 g/mol. The highest BCUT2D eigenvalue weighted by Crippen LogP contribution is 2.32. The first kappa shape index (κ1) is 23.5. The van der Waals surface area contributed by atoms with E-state index in [1.54, 1.807) is 25.0 Å². The Morgan fingerprint density at radius 2 is 1.82 bits per heavy atom. The summed E-state index contributed by atoms with van der Waals surface area (Å²) in [7, 11) is 1.64. The molecule has 0 unspecified atom stereocenters. The molecule has 0 atom stereocenters. The van der Waals surface area contributed by atoms with Crippen molar-refractivity contribution in [2.24, 2.45) is 5.92 Å². The Bertz CT molecular complexity index is 1180. The van der Waals surface area contributed by atoms with Crippen molar-refractivity contribution in [2.45, 2.75) is 26.7 Å². The second-order valence-corrected chi connectivity index (χ2v) is 8.22. The number of rotatable bonds is 7. The summed E-state index contributed by atoms with van der Waals surface area (Å²) < 4.78 is 16.4. The van der Waals surface area contributed by atoms with Crippen LogP contribution in [0.2, 0.25) is 0 Å². The molecule has 0 saturated carbocycles. The predicted octanol–water partition coefficient (Wildman–Crippen LogP) is 4.72. The fourth-order valence-electron chi connectivity index (χ4n) is 4.29. The van der Waals surface area contributed by atoms with Gasteiger partial charge < -0.3 is 19.1 Å². The summed E-state index contributed by atoms with van der Waals surface area (Å²) in [5, 5.41) is 0.792. The van der Waals surface area contributed by atoms with E-state index < -0.39 is 0 Å². The zero-order valence-electron chi connectivity index (χ0n) is 19.9. The molecular formula is C27H30N2O5. The number of carbonyl (C=O) groups excluding carboxylic acids is 2. The monoisotopic (exact) mass is 462 g/mol. The molecule has 1 aliphatic rings. The zero-order chi connectivity index (χ0) is 24.1. The number of methoxy groups -OCH3 is 1. The number of pyridine rings is 1. The van der Waals surface area contributed by atoms with Crippen LogP contribution >= 0.6 is 0 Å². The number of likely N-dealkylation sites (tertiary alicyclic amines) is 1. The van der Waals surface area contributed by atoms with Gasteiger partial charge in [0.2, 0.25) is 0 Å². The number of hydrogen-bond acceptors (Lipinski definition) is 6. The van der Waals surface area contributed by atoms with Gasteiger partial charge in [-0.05, 0) is 57.0 Å². The Labute approximate surface area is 199 Å². The number of aromatic nitrogens is 1. The summed E-state index contributed by atoms with van der Waals surface area (Å²) in [6, 6.07) is 15.1. The molecule has 0 aliphatic carbocycles. The molecule has 7 heteroatoms. The van der Waals surface area contributed by atoms with Crippen LogP contribution in [-0.2, 0) is 9.53 Å². The summed E-state index contributed by atoms with van der Waals surface area (Å²) in [5.41, 5.74) is 3.03. The van der Waals surface area contributed by atoms with Crippen LogP contribution in [-0.4, -0.2) is 55.2 Å². The van der Waals surface area contributed by atoms with Crippen molar-refractivity contribution in [1.82, 2.24) is 9.88 Å². The van der Waals surface area contributed by atoms with Gasteiger partial charge in [-0.25, -0.2) is 4.98 Å². The lowest BCUT2D eigenvalue weighted by Crippen LogP contribution is -2.40. The van der Waals surface area contributed by atoms with E-state index in [2.05, 4.69) is 0 Å². The van der Waals surface area contributed by atoms with Crippen LogP contribution in [0.15, 0.2) is 48.5 Å². The minimum Gasteiger partial charge on any atom is -0.497 e. The maximum absolute atomic E-state index is 13.2. The van der Waals surface area contributed by atoms with Crippen molar-refractivity contribution in [3.05, 3.63) is 54.1 Å². The molecule has 2 heterocycles. The smallest absolute Gasteiger partial charge is 0.309 e. The third-order valence-electron chi connectivity index (χ3n) is 6.09. The quantitative estimate of drug-likeness (QED) is 0.473. The minimum atomic E-state index is -0.167. The lowest BCUT2D eigenvalue weighted by Gasteiger charge is -2.31. The molecule has 1 fully saturated rings. The predicted molar refractivity (Wildman–Crippen MR) is 130 cm³/mol. The largest absolute Gasteiger partial charge is 0.497 e. The molecule has 1 saturated heterocycles. The molecule has 0 spiro atoms. The Hall–Kier alpha value is -3.61. The Balaban J connectivity index is 1.60. The first-order valence-corrected chi connectivity index (χ1v) is 11.7. The fraction of sp³-hybridized carbons (Fsp3) is 0.370. The van der Waals surface area contributed by atoms with E-state index in [4.69, 9.17) is 19.2 Å². The molecule has 178 valence electrons. The van der Waals surface area contributed by atoms with Crippen LogP contribution in [0, 0.1) is 5.92 Å². The second kappa shape index (κ2) is 10.5. The number of benzene rings is 2. The SMILES string of the molecule is CCOC(=O)C1CCN(C(=O)c2ccc3nc(-c4cccc(OC)c4)cc(OCC)c3c2)CC1. The average Bonchev–Trinajstić information content (AvgIpc) is 2.88. The number of piperidine rings is 1. The third kappa shape index (κ3) is 4.98. The number of amides is 1. The van der Waals surface area contributed by atoms with E-state index in [9.17, 15) is 9.59 Å². The van der Waals surface area contributed by atoms with Gasteiger partial charge in [0.1, 0.15) is 11.5 Å². The lowest BCUT2D eigenvalue weighted by molar-refractivity contribution is -0.149. The number of nitrogens with zero attached hydrogens (tertiary/aromatic N) is 2. The Morgan fingerprint density at radius 1 is 1.03 bits per heavy atom. The number of hydrogen-bond donors (Lipinski definition) is 0. The Morgan fingerprint density at radius 3 is 2.53 bits per heavy atom. The van der Waals surface area contributed by atoms with E-state index in [1.807, 2.05) is 49.4 Å². The fourth-order valence-corrected chi connectivity index (χ4v) is 4.29. The molecule has 2 aromatic carbocycles. The Kier molecular flexibility index (Phi) is 7.30. The average molecular weight is 463 g/mol. The van der Waals surface area contributed by atoms with Crippen molar-refractivity contribution in [3.63, 3.8) is 0 Å². The van der Waals surface area contributed by atoms with Gasteiger partial charge in [-0.2, -0.15) is 0 Å². The lowest BCUT2D eigenvalue weighted by atomic mass is 9.96. The van der Waals surface area contributed by atoms with Gasteiger partial charge in [-0.15, -0.1) is 0 Å². The number of fused-ring (bicyclic) bond motifs is 1. The van der Waals surface area contributed by atoms with Crippen LogP contribution in [0.1, 0.15) is 37.0 Å². The molecule has 0 bridgehead atoms. The zero-order valence-corrected chi connectivity index (χ0v) is 19.9. The molecule has 7 nitrogen and oxygen atoms in total. The topological polar surface area (TPSA) is 78.0 Å². The summed E-state index contributed by atoms with van der Waals surface area (Å²) >= 11 is 0. The molecule has 34 heavy (non-hydrogen) atoms. The molecule has 1 aromatic heterocycles. The van der Waals surface area contributed by atoms with Crippen molar-refractivity contribution in [2.75, 3.05) is 33.4 Å². The van der Waals surface area contributed by atoms with Crippen LogP contribution in [0.25, 0.3) is 22.2 Å².